The van der Waals surface area contributed by atoms with Crippen molar-refractivity contribution in [1.29, 1.82) is 0 Å². The van der Waals surface area contributed by atoms with E-state index in [1.54, 1.807) is 20.0 Å². The van der Waals surface area contributed by atoms with Gasteiger partial charge in [0.2, 0.25) is 0 Å². The number of nitro groups is 1. The second kappa shape index (κ2) is 5.57. The molecule has 23 heavy (non-hydrogen) atoms. The molecule has 0 saturated carbocycles. The van der Waals surface area contributed by atoms with Crippen molar-refractivity contribution in [2.75, 3.05) is 11.9 Å². The summed E-state index contributed by atoms with van der Waals surface area (Å²) in [4.78, 5) is 27.7. The first-order valence-electron chi connectivity index (χ1n) is 7.07. The number of fused-ring (bicyclic) bond motifs is 1. The van der Waals surface area contributed by atoms with Gasteiger partial charge in [0.05, 0.1) is 4.92 Å². The summed E-state index contributed by atoms with van der Waals surface area (Å²) >= 11 is 0. The molecule has 1 N–H and O–H groups in total. The Bertz CT molecular complexity index is 914. The Morgan fingerprint density at radius 1 is 1.17 bits per heavy atom. The van der Waals surface area contributed by atoms with E-state index in [2.05, 4.69) is 4.98 Å². The standard InChI is InChI=1S/C17H15N3O3/c1-11-3-5-14(20(22)23)9-15(11)17(21)19(2)13-6-4-12-7-8-18-16(12)10-13/h3-10,18H,1-2H3. The Balaban J connectivity index is 1.98. The van der Waals surface area contributed by atoms with Crippen LogP contribution in [0.15, 0.2) is 48.7 Å². The van der Waals surface area contributed by atoms with Gasteiger partial charge in [0.15, 0.2) is 0 Å². The minimum absolute atomic E-state index is 0.0906. The van der Waals surface area contributed by atoms with Crippen molar-refractivity contribution in [3.8, 4) is 0 Å². The molecule has 0 aliphatic rings. The van der Waals surface area contributed by atoms with Gasteiger partial charge in [-0.2, -0.15) is 0 Å². The predicted molar refractivity (Wildman–Crippen MR) is 88.9 cm³/mol. The minimum atomic E-state index is -0.499. The lowest BCUT2D eigenvalue weighted by atomic mass is 10.1. The van der Waals surface area contributed by atoms with Crippen LogP contribution in [0.4, 0.5) is 11.4 Å². The van der Waals surface area contributed by atoms with Crippen LogP contribution in [0.3, 0.4) is 0 Å². The highest BCUT2D eigenvalue weighted by molar-refractivity contribution is 6.07. The van der Waals surface area contributed by atoms with E-state index in [-0.39, 0.29) is 11.6 Å². The number of carbonyl (C=O) groups is 1. The number of carbonyl (C=O) groups excluding carboxylic acids is 1. The number of hydrogen-bond donors (Lipinski definition) is 1. The second-order valence-electron chi connectivity index (χ2n) is 5.37. The van der Waals surface area contributed by atoms with Crippen LogP contribution < -0.4 is 4.90 Å². The van der Waals surface area contributed by atoms with Crippen molar-refractivity contribution < 1.29 is 9.72 Å². The van der Waals surface area contributed by atoms with Gasteiger partial charge >= 0.3 is 0 Å². The highest BCUT2D eigenvalue weighted by Gasteiger charge is 2.19. The zero-order valence-electron chi connectivity index (χ0n) is 12.7. The molecule has 0 unspecified atom stereocenters. The molecule has 0 bridgehead atoms. The number of rotatable bonds is 3. The SMILES string of the molecule is Cc1ccc([N+](=O)[O-])cc1C(=O)N(C)c1ccc2cc[nH]c2c1. The molecule has 1 amide bonds. The van der Waals surface area contributed by atoms with E-state index >= 15 is 0 Å². The normalized spacial score (nSPS) is 10.7. The monoisotopic (exact) mass is 309 g/mol. The van der Waals surface area contributed by atoms with Gasteiger partial charge < -0.3 is 9.88 Å². The van der Waals surface area contributed by atoms with Crippen LogP contribution in [0.1, 0.15) is 15.9 Å². The van der Waals surface area contributed by atoms with Crippen LogP contribution in [-0.4, -0.2) is 22.9 Å². The van der Waals surface area contributed by atoms with Crippen LogP contribution in [0, 0.1) is 17.0 Å². The number of H-pyrrole nitrogens is 1. The molecule has 3 aromatic rings. The van der Waals surface area contributed by atoms with Gasteiger partial charge in [0, 0.05) is 42.1 Å². The Kier molecular flexibility index (Phi) is 3.57. The molecular weight excluding hydrogens is 294 g/mol. The fraction of sp³-hybridized carbons (Fsp3) is 0.118. The number of aromatic nitrogens is 1. The van der Waals surface area contributed by atoms with Crippen molar-refractivity contribution in [3.63, 3.8) is 0 Å². The number of amides is 1. The number of anilines is 1. The van der Waals surface area contributed by atoms with E-state index < -0.39 is 4.92 Å². The summed E-state index contributed by atoms with van der Waals surface area (Å²) in [6.45, 7) is 1.76. The molecule has 116 valence electrons. The number of nitrogens with one attached hydrogen (secondary N) is 1. The lowest BCUT2D eigenvalue weighted by molar-refractivity contribution is -0.384. The number of nitrogens with zero attached hydrogens (tertiary/aromatic N) is 2. The van der Waals surface area contributed by atoms with Crippen LogP contribution in [0.2, 0.25) is 0 Å². The van der Waals surface area contributed by atoms with Crippen LogP contribution in [0.5, 0.6) is 0 Å². The Morgan fingerprint density at radius 2 is 1.96 bits per heavy atom. The van der Waals surface area contributed by atoms with E-state index in [9.17, 15) is 14.9 Å². The van der Waals surface area contributed by atoms with Crippen molar-refractivity contribution in [2.24, 2.45) is 0 Å². The van der Waals surface area contributed by atoms with Gasteiger partial charge in [-0.1, -0.05) is 12.1 Å². The molecule has 1 aromatic heterocycles. The number of hydrogen-bond acceptors (Lipinski definition) is 3. The number of aromatic amines is 1. The average molecular weight is 309 g/mol. The fourth-order valence-corrected chi connectivity index (χ4v) is 2.50. The molecule has 0 atom stereocenters. The zero-order valence-corrected chi connectivity index (χ0v) is 12.7. The average Bonchev–Trinajstić information content (AvgIpc) is 3.01. The molecule has 3 rings (SSSR count). The molecule has 0 aliphatic carbocycles. The van der Waals surface area contributed by atoms with Crippen molar-refractivity contribution in [1.82, 2.24) is 4.98 Å². The molecule has 1 heterocycles. The molecule has 0 fully saturated rings. The maximum absolute atomic E-state index is 12.7. The Labute approximate surface area is 132 Å². The van der Waals surface area contributed by atoms with Crippen LogP contribution in [0.25, 0.3) is 10.9 Å². The fourth-order valence-electron chi connectivity index (χ4n) is 2.50. The lowest BCUT2D eigenvalue weighted by Gasteiger charge is -2.18. The smallest absolute Gasteiger partial charge is 0.270 e. The van der Waals surface area contributed by atoms with E-state index in [0.717, 1.165) is 16.6 Å². The molecule has 0 radical (unpaired) electrons. The first-order valence-corrected chi connectivity index (χ1v) is 7.07. The molecule has 0 spiro atoms. The van der Waals surface area contributed by atoms with Gasteiger partial charge in [0.1, 0.15) is 0 Å². The highest BCUT2D eigenvalue weighted by Crippen LogP contribution is 2.24. The summed E-state index contributed by atoms with van der Waals surface area (Å²) in [7, 11) is 1.66. The molecule has 0 aliphatic heterocycles. The third-order valence-corrected chi connectivity index (χ3v) is 3.89. The number of benzene rings is 2. The summed E-state index contributed by atoms with van der Waals surface area (Å²) in [5, 5.41) is 12.0. The third kappa shape index (κ3) is 2.66. The molecular formula is C17H15N3O3. The van der Waals surface area contributed by atoms with Crippen LogP contribution >= 0.6 is 0 Å². The number of aryl methyl sites for hydroxylation is 1. The molecule has 6 nitrogen and oxygen atoms in total. The summed E-state index contributed by atoms with van der Waals surface area (Å²) in [6.07, 6.45) is 1.83. The third-order valence-electron chi connectivity index (χ3n) is 3.89. The first-order chi connectivity index (χ1) is 11.0. The summed E-state index contributed by atoms with van der Waals surface area (Å²) in [6, 6.07) is 11.9. The Hall–Kier alpha value is -3.15. The highest BCUT2D eigenvalue weighted by atomic mass is 16.6. The maximum atomic E-state index is 12.7. The van der Waals surface area contributed by atoms with Crippen molar-refractivity contribution in [3.05, 3.63) is 69.9 Å². The zero-order chi connectivity index (χ0) is 16.6. The van der Waals surface area contributed by atoms with E-state index in [1.165, 1.54) is 17.0 Å². The van der Waals surface area contributed by atoms with Gasteiger partial charge in [0.25, 0.3) is 11.6 Å². The second-order valence-corrected chi connectivity index (χ2v) is 5.37. The maximum Gasteiger partial charge on any atom is 0.270 e. The van der Waals surface area contributed by atoms with Gasteiger partial charge in [-0.3, -0.25) is 14.9 Å². The molecule has 2 aromatic carbocycles. The topological polar surface area (TPSA) is 79.2 Å². The van der Waals surface area contributed by atoms with Gasteiger partial charge in [-0.25, -0.2) is 0 Å². The lowest BCUT2D eigenvalue weighted by Crippen LogP contribution is -2.27. The Morgan fingerprint density at radius 3 is 2.70 bits per heavy atom. The summed E-state index contributed by atoms with van der Waals surface area (Å²) in [5.74, 6) is -0.280. The van der Waals surface area contributed by atoms with Gasteiger partial charge in [-0.05, 0) is 36.1 Å². The van der Waals surface area contributed by atoms with Gasteiger partial charge in [-0.15, -0.1) is 0 Å². The predicted octanol–water partition coefficient (Wildman–Crippen LogP) is 3.66. The first kappa shape index (κ1) is 14.8. The minimum Gasteiger partial charge on any atom is -0.361 e. The summed E-state index contributed by atoms with van der Waals surface area (Å²) in [5.41, 5.74) is 2.59. The van der Waals surface area contributed by atoms with Crippen molar-refractivity contribution in [2.45, 2.75) is 6.92 Å². The molecule has 6 heteroatoms. The van der Waals surface area contributed by atoms with E-state index in [1.807, 2.05) is 30.5 Å². The molecule has 0 saturated heterocycles. The summed E-state index contributed by atoms with van der Waals surface area (Å²) < 4.78 is 0. The quantitative estimate of drug-likeness (QED) is 0.592. The van der Waals surface area contributed by atoms with E-state index in [4.69, 9.17) is 0 Å². The number of nitro benzene ring substituents is 1. The number of non-ortho nitro benzene ring substituents is 1. The largest absolute Gasteiger partial charge is 0.361 e. The van der Waals surface area contributed by atoms with E-state index in [0.29, 0.717) is 11.1 Å². The van der Waals surface area contributed by atoms with Crippen molar-refractivity contribution >= 4 is 28.2 Å². The van der Waals surface area contributed by atoms with Crippen LogP contribution in [-0.2, 0) is 0 Å².